The van der Waals surface area contributed by atoms with E-state index in [0.717, 1.165) is 17.2 Å². The summed E-state index contributed by atoms with van der Waals surface area (Å²) in [7, 11) is 0. The molecule has 0 aliphatic heterocycles. The van der Waals surface area contributed by atoms with Gasteiger partial charge in [-0.05, 0) is 25.5 Å². The van der Waals surface area contributed by atoms with Gasteiger partial charge in [-0.2, -0.15) is 0 Å². The number of aliphatic hydroxyl groups excluding tert-OH is 1. The number of aliphatic hydroxyl groups is 1. The van der Waals surface area contributed by atoms with Gasteiger partial charge in [-0.1, -0.05) is 29.8 Å². The maximum atomic E-state index is 12.5. The highest BCUT2D eigenvalue weighted by Crippen LogP contribution is 2.23. The number of aryl methyl sites for hydroxylation is 1. The molecule has 0 aromatic heterocycles. The Kier molecular flexibility index (Phi) is 7.67. The summed E-state index contributed by atoms with van der Waals surface area (Å²) in [4.78, 5) is 35.1. The summed E-state index contributed by atoms with van der Waals surface area (Å²) < 4.78 is 5.19. The average molecular weight is 401 g/mol. The molecule has 0 aliphatic rings. The number of benzene rings is 2. The molecule has 3 N–H and O–H groups in total. The first-order chi connectivity index (χ1) is 13.8. The van der Waals surface area contributed by atoms with E-state index in [1.807, 2.05) is 31.2 Å². The zero-order chi connectivity index (χ0) is 21.4. The lowest BCUT2D eigenvalue weighted by molar-refractivity contribution is -0.384. The van der Waals surface area contributed by atoms with Crippen molar-refractivity contribution in [3.05, 3.63) is 69.3 Å². The summed E-state index contributed by atoms with van der Waals surface area (Å²) >= 11 is 0. The Morgan fingerprint density at radius 2 is 1.90 bits per heavy atom. The number of nitro benzene ring substituents is 1. The van der Waals surface area contributed by atoms with Crippen molar-refractivity contribution < 1.29 is 24.4 Å². The minimum atomic E-state index is -1.10. The maximum absolute atomic E-state index is 12.5. The van der Waals surface area contributed by atoms with Gasteiger partial charge in [0.15, 0.2) is 6.10 Å². The highest BCUT2D eigenvalue weighted by Gasteiger charge is 2.23. The lowest BCUT2D eigenvalue weighted by Gasteiger charge is -2.15. The number of non-ortho nitro benzene ring substituents is 1. The second kappa shape index (κ2) is 10.2. The number of hydrogen-bond acceptors (Lipinski definition) is 7. The Balaban J connectivity index is 2.04. The molecule has 2 rings (SSSR count). The van der Waals surface area contributed by atoms with Crippen LogP contribution >= 0.6 is 0 Å². The monoisotopic (exact) mass is 401 g/mol. The number of nitrogens with zero attached hydrogens (tertiary/aromatic N) is 1. The molecule has 0 saturated heterocycles. The van der Waals surface area contributed by atoms with Crippen molar-refractivity contribution in [3.8, 4) is 0 Å². The van der Waals surface area contributed by atoms with E-state index in [4.69, 9.17) is 9.84 Å². The summed E-state index contributed by atoms with van der Waals surface area (Å²) in [6.07, 6.45) is -1.10. The van der Waals surface area contributed by atoms with Gasteiger partial charge < -0.3 is 20.5 Å². The predicted octanol–water partition coefficient (Wildman–Crippen LogP) is 2.17. The fourth-order valence-electron chi connectivity index (χ4n) is 2.48. The number of anilines is 1. The van der Waals surface area contributed by atoms with Gasteiger partial charge in [-0.3, -0.25) is 14.9 Å². The zero-order valence-corrected chi connectivity index (χ0v) is 16.2. The van der Waals surface area contributed by atoms with Crippen LogP contribution in [-0.4, -0.2) is 41.2 Å². The molecule has 29 heavy (non-hydrogen) atoms. The fraction of sp³-hybridized carbons (Fsp3) is 0.300. The van der Waals surface area contributed by atoms with Gasteiger partial charge in [0.25, 0.3) is 11.6 Å². The second-order valence-corrected chi connectivity index (χ2v) is 6.39. The molecule has 0 radical (unpaired) electrons. The first-order valence-corrected chi connectivity index (χ1v) is 8.99. The summed E-state index contributed by atoms with van der Waals surface area (Å²) in [5.41, 5.74) is 1.89. The minimum absolute atomic E-state index is 0.0918. The van der Waals surface area contributed by atoms with Crippen molar-refractivity contribution in [1.29, 1.82) is 0 Å². The molecule has 0 fully saturated rings. The third-order valence-electron chi connectivity index (χ3n) is 4.10. The Labute approximate surface area is 167 Å². The van der Waals surface area contributed by atoms with Crippen LogP contribution < -0.4 is 10.6 Å². The molecule has 2 aromatic rings. The van der Waals surface area contributed by atoms with E-state index in [1.54, 1.807) is 0 Å². The Morgan fingerprint density at radius 1 is 1.21 bits per heavy atom. The molecule has 1 amide bonds. The van der Waals surface area contributed by atoms with Crippen LogP contribution in [-0.2, 0) is 16.1 Å². The average Bonchev–Trinajstić information content (AvgIpc) is 2.71. The molecule has 2 aromatic carbocycles. The molecule has 9 heteroatoms. The molecule has 0 spiro atoms. The van der Waals surface area contributed by atoms with E-state index in [2.05, 4.69) is 10.6 Å². The highest BCUT2D eigenvalue weighted by molar-refractivity contribution is 5.98. The Bertz CT molecular complexity index is 882. The van der Waals surface area contributed by atoms with Crippen LogP contribution in [0.1, 0.15) is 28.4 Å². The smallest absolute Gasteiger partial charge is 0.341 e. The number of carbonyl (C=O) groups excluding carboxylic acids is 2. The number of rotatable bonds is 9. The number of nitrogens with one attached hydrogen (secondary N) is 2. The van der Waals surface area contributed by atoms with Crippen LogP contribution in [0.3, 0.4) is 0 Å². The van der Waals surface area contributed by atoms with E-state index in [9.17, 15) is 19.7 Å². The number of hydrogen-bond donors (Lipinski definition) is 3. The van der Waals surface area contributed by atoms with Gasteiger partial charge in [-0.25, -0.2) is 4.79 Å². The van der Waals surface area contributed by atoms with E-state index >= 15 is 0 Å². The van der Waals surface area contributed by atoms with Crippen LogP contribution in [0.15, 0.2) is 42.5 Å². The maximum Gasteiger partial charge on any atom is 0.341 e. The van der Waals surface area contributed by atoms with Crippen molar-refractivity contribution >= 4 is 23.3 Å². The summed E-state index contributed by atoms with van der Waals surface area (Å²) in [6.45, 7) is 3.61. The van der Waals surface area contributed by atoms with Gasteiger partial charge in [-0.15, -0.1) is 0 Å². The Hall–Kier alpha value is -3.46. The van der Waals surface area contributed by atoms with Gasteiger partial charge in [0.1, 0.15) is 0 Å². The number of nitro groups is 1. The van der Waals surface area contributed by atoms with Crippen LogP contribution in [0.4, 0.5) is 11.4 Å². The number of esters is 1. The molecule has 1 atom stereocenters. The van der Waals surface area contributed by atoms with Crippen molar-refractivity contribution in [2.75, 3.05) is 18.5 Å². The molecular formula is C20H23N3O6. The molecular weight excluding hydrogens is 378 g/mol. The standard InChI is InChI=1S/C20H23N3O6/c1-13-3-5-15(6-4-13)12-22-19(25)14(2)29-20(26)17-11-16(23(27)28)7-8-18(17)21-9-10-24/h3-8,11,14,21,24H,9-10,12H2,1-2H3,(H,22,25)/t14-/m1/s1. The molecule has 0 saturated carbocycles. The summed E-state index contributed by atoms with van der Waals surface area (Å²) in [6, 6.07) is 11.3. The predicted molar refractivity (Wildman–Crippen MR) is 107 cm³/mol. The molecule has 9 nitrogen and oxygen atoms in total. The van der Waals surface area contributed by atoms with Crippen molar-refractivity contribution in [2.24, 2.45) is 0 Å². The third-order valence-corrected chi connectivity index (χ3v) is 4.10. The van der Waals surface area contributed by atoms with Gasteiger partial charge in [0.2, 0.25) is 0 Å². The SMILES string of the molecule is Cc1ccc(CNC(=O)[C@@H](C)OC(=O)c2cc([N+](=O)[O-])ccc2NCCO)cc1. The van der Waals surface area contributed by atoms with Crippen molar-refractivity contribution in [3.63, 3.8) is 0 Å². The summed E-state index contributed by atoms with van der Waals surface area (Å²) in [5.74, 6) is -1.37. The van der Waals surface area contributed by atoms with Gasteiger partial charge in [0, 0.05) is 30.9 Å². The van der Waals surface area contributed by atoms with Crippen LogP contribution in [0.5, 0.6) is 0 Å². The summed E-state index contributed by atoms with van der Waals surface area (Å²) in [5, 5.41) is 25.4. The van der Waals surface area contributed by atoms with Crippen LogP contribution in [0.2, 0.25) is 0 Å². The molecule has 0 heterocycles. The molecule has 0 unspecified atom stereocenters. The van der Waals surface area contributed by atoms with E-state index in [0.29, 0.717) is 0 Å². The normalized spacial score (nSPS) is 11.4. The number of carbonyl (C=O) groups is 2. The number of amides is 1. The van der Waals surface area contributed by atoms with E-state index < -0.39 is 22.9 Å². The Morgan fingerprint density at radius 3 is 2.52 bits per heavy atom. The number of ether oxygens (including phenoxy) is 1. The van der Waals surface area contributed by atoms with Crippen molar-refractivity contribution in [1.82, 2.24) is 5.32 Å². The largest absolute Gasteiger partial charge is 0.449 e. The molecule has 0 bridgehead atoms. The third kappa shape index (κ3) is 6.28. The van der Waals surface area contributed by atoms with Gasteiger partial charge >= 0.3 is 5.97 Å². The topological polar surface area (TPSA) is 131 Å². The first kappa shape index (κ1) is 21.8. The second-order valence-electron chi connectivity index (χ2n) is 6.39. The molecule has 154 valence electrons. The van der Waals surface area contributed by atoms with Gasteiger partial charge in [0.05, 0.1) is 17.1 Å². The van der Waals surface area contributed by atoms with Crippen LogP contribution in [0, 0.1) is 17.0 Å². The van der Waals surface area contributed by atoms with E-state index in [1.165, 1.54) is 19.1 Å². The highest BCUT2D eigenvalue weighted by atomic mass is 16.6. The zero-order valence-electron chi connectivity index (χ0n) is 16.2. The van der Waals surface area contributed by atoms with E-state index in [-0.39, 0.29) is 36.6 Å². The first-order valence-electron chi connectivity index (χ1n) is 8.99. The fourth-order valence-corrected chi connectivity index (χ4v) is 2.48. The lowest BCUT2D eigenvalue weighted by Crippen LogP contribution is -2.35. The molecule has 0 aliphatic carbocycles. The van der Waals surface area contributed by atoms with Crippen LogP contribution in [0.25, 0.3) is 0 Å². The lowest BCUT2D eigenvalue weighted by atomic mass is 10.1. The quantitative estimate of drug-likeness (QED) is 0.333. The minimum Gasteiger partial charge on any atom is -0.449 e. The van der Waals surface area contributed by atoms with Crippen molar-refractivity contribution in [2.45, 2.75) is 26.5 Å².